The third-order valence-corrected chi connectivity index (χ3v) is 4.52. The molecule has 0 spiro atoms. The van der Waals surface area contributed by atoms with Gasteiger partial charge in [0.05, 0.1) is 6.04 Å². The van der Waals surface area contributed by atoms with E-state index in [2.05, 4.69) is 5.32 Å². The predicted octanol–water partition coefficient (Wildman–Crippen LogP) is 2.31. The van der Waals surface area contributed by atoms with Crippen LogP contribution in [0.3, 0.4) is 0 Å². The van der Waals surface area contributed by atoms with E-state index in [9.17, 15) is 9.59 Å². The summed E-state index contributed by atoms with van der Waals surface area (Å²) in [4.78, 5) is 24.9. The van der Waals surface area contributed by atoms with E-state index in [1.807, 2.05) is 30.5 Å². The third kappa shape index (κ3) is 3.86. The highest BCUT2D eigenvalue weighted by molar-refractivity contribution is 7.10. The van der Waals surface area contributed by atoms with Crippen molar-refractivity contribution in [1.29, 1.82) is 0 Å². The Bertz CT molecular complexity index is 716. The Labute approximate surface area is 143 Å². The second kappa shape index (κ2) is 7.35. The number of carbonyl (C=O) groups excluding carboxylic acids is 2. The summed E-state index contributed by atoms with van der Waals surface area (Å²) >= 11 is 1.55. The Balaban J connectivity index is 1.47. The first-order valence-electron chi connectivity index (χ1n) is 7.51. The Kier molecular flexibility index (Phi) is 5.00. The molecule has 2 aromatic rings. The van der Waals surface area contributed by atoms with Crippen molar-refractivity contribution >= 4 is 23.2 Å². The second-order valence-electron chi connectivity index (χ2n) is 5.28. The molecule has 126 valence electrons. The molecule has 1 aromatic heterocycles. The van der Waals surface area contributed by atoms with E-state index in [4.69, 9.17) is 14.2 Å². The van der Waals surface area contributed by atoms with Gasteiger partial charge >= 0.3 is 5.97 Å². The molecule has 0 saturated carbocycles. The molecule has 7 heteroatoms. The van der Waals surface area contributed by atoms with Gasteiger partial charge in [0.15, 0.2) is 18.1 Å². The van der Waals surface area contributed by atoms with E-state index in [1.165, 1.54) is 0 Å². The van der Waals surface area contributed by atoms with Gasteiger partial charge in [0.2, 0.25) is 6.10 Å². The van der Waals surface area contributed by atoms with E-state index >= 15 is 0 Å². The van der Waals surface area contributed by atoms with Crippen molar-refractivity contribution in [3.8, 4) is 11.5 Å². The van der Waals surface area contributed by atoms with E-state index in [1.54, 1.807) is 29.5 Å². The first-order chi connectivity index (χ1) is 11.6. The lowest BCUT2D eigenvalue weighted by atomic mass is 10.2. The van der Waals surface area contributed by atoms with Gasteiger partial charge in [0.25, 0.3) is 5.91 Å². The molecule has 1 amide bonds. The average Bonchev–Trinajstić information content (AvgIpc) is 3.14. The van der Waals surface area contributed by atoms with E-state index < -0.39 is 12.1 Å². The number of fused-ring (bicyclic) bond motifs is 1. The molecule has 3 rings (SSSR count). The van der Waals surface area contributed by atoms with Gasteiger partial charge < -0.3 is 19.5 Å². The van der Waals surface area contributed by atoms with Gasteiger partial charge in [-0.25, -0.2) is 4.79 Å². The normalized spacial score (nSPS) is 17.0. The maximum absolute atomic E-state index is 12.0. The number of hydrogen-bond donors (Lipinski definition) is 1. The highest BCUT2D eigenvalue weighted by Gasteiger charge is 2.29. The molecule has 0 aliphatic carbocycles. The summed E-state index contributed by atoms with van der Waals surface area (Å²) < 4.78 is 16.0. The predicted molar refractivity (Wildman–Crippen MR) is 88.2 cm³/mol. The third-order valence-electron chi connectivity index (χ3n) is 3.46. The first-order valence-corrected chi connectivity index (χ1v) is 8.39. The van der Waals surface area contributed by atoms with Crippen molar-refractivity contribution in [2.45, 2.75) is 19.1 Å². The Morgan fingerprint density at radius 3 is 2.83 bits per heavy atom. The first kappa shape index (κ1) is 16.3. The molecule has 0 bridgehead atoms. The summed E-state index contributed by atoms with van der Waals surface area (Å²) in [5.41, 5.74) is 0. The maximum atomic E-state index is 12.0. The van der Waals surface area contributed by atoms with Gasteiger partial charge in [0, 0.05) is 4.88 Å². The Hall–Kier alpha value is -2.54. The molecule has 0 radical (unpaired) electrons. The molecule has 1 aromatic carbocycles. The molecule has 24 heavy (non-hydrogen) atoms. The smallest absolute Gasteiger partial charge is 0.351 e. The van der Waals surface area contributed by atoms with Gasteiger partial charge in [-0.05, 0) is 30.5 Å². The van der Waals surface area contributed by atoms with Crippen LogP contribution in [0.25, 0.3) is 0 Å². The minimum Gasteiger partial charge on any atom is -0.485 e. The van der Waals surface area contributed by atoms with Crippen molar-refractivity contribution in [2.24, 2.45) is 0 Å². The van der Waals surface area contributed by atoms with E-state index in [0.717, 1.165) is 4.88 Å². The van der Waals surface area contributed by atoms with Crippen molar-refractivity contribution < 1.29 is 23.8 Å². The van der Waals surface area contributed by atoms with Crippen LogP contribution >= 0.6 is 11.3 Å². The van der Waals surface area contributed by atoms with Crippen LogP contribution in [-0.4, -0.2) is 31.2 Å². The molecule has 1 aliphatic heterocycles. The second-order valence-corrected chi connectivity index (χ2v) is 6.26. The van der Waals surface area contributed by atoms with Crippen molar-refractivity contribution in [3.63, 3.8) is 0 Å². The lowest BCUT2D eigenvalue weighted by molar-refractivity contribution is -0.157. The van der Waals surface area contributed by atoms with Crippen LogP contribution in [0.1, 0.15) is 17.8 Å². The van der Waals surface area contributed by atoms with Crippen LogP contribution in [0.5, 0.6) is 11.5 Å². The van der Waals surface area contributed by atoms with Crippen LogP contribution in [0.2, 0.25) is 0 Å². The van der Waals surface area contributed by atoms with E-state index in [-0.39, 0.29) is 25.2 Å². The van der Waals surface area contributed by atoms with Crippen LogP contribution in [0.4, 0.5) is 0 Å². The fraction of sp³-hybridized carbons (Fsp3) is 0.294. The summed E-state index contributed by atoms with van der Waals surface area (Å²) in [6.07, 6.45) is -0.873. The summed E-state index contributed by atoms with van der Waals surface area (Å²) in [6, 6.07) is 10.8. The molecule has 2 atom stereocenters. The largest absolute Gasteiger partial charge is 0.485 e. The number of para-hydroxylation sites is 2. The standard InChI is InChI=1S/C17H17NO5S/c1-11(15-7-4-8-24-15)18-16(19)10-22-17(20)14-9-21-12-5-2-3-6-13(12)23-14/h2-8,11,14H,9-10H2,1H3,(H,18,19)/t11-,14-/m0/s1. The molecule has 0 fully saturated rings. The SMILES string of the molecule is C[C@H](NC(=O)COC(=O)[C@@H]1COc2ccccc2O1)c1cccs1. The molecular weight excluding hydrogens is 330 g/mol. The van der Waals surface area contributed by atoms with Crippen molar-refractivity contribution in [3.05, 3.63) is 46.7 Å². The summed E-state index contributed by atoms with van der Waals surface area (Å²) in [5.74, 6) is 0.0929. The fourth-order valence-electron chi connectivity index (χ4n) is 2.26. The maximum Gasteiger partial charge on any atom is 0.351 e. The van der Waals surface area contributed by atoms with Crippen molar-refractivity contribution in [1.82, 2.24) is 5.32 Å². The molecule has 0 saturated heterocycles. The Morgan fingerprint density at radius 1 is 1.29 bits per heavy atom. The van der Waals surface area contributed by atoms with Gasteiger partial charge in [-0.2, -0.15) is 0 Å². The lowest BCUT2D eigenvalue weighted by Crippen LogP contribution is -2.40. The summed E-state index contributed by atoms with van der Waals surface area (Å²) in [5, 5.41) is 4.72. The quantitative estimate of drug-likeness (QED) is 0.840. The highest BCUT2D eigenvalue weighted by Crippen LogP contribution is 2.31. The molecule has 0 unspecified atom stereocenters. The van der Waals surface area contributed by atoms with E-state index in [0.29, 0.717) is 11.5 Å². The van der Waals surface area contributed by atoms with Crippen LogP contribution < -0.4 is 14.8 Å². The molecule has 1 N–H and O–H groups in total. The zero-order valence-corrected chi connectivity index (χ0v) is 13.9. The zero-order chi connectivity index (χ0) is 16.9. The number of rotatable bonds is 5. The van der Waals surface area contributed by atoms with Gasteiger partial charge in [-0.3, -0.25) is 4.79 Å². The Morgan fingerprint density at radius 2 is 2.08 bits per heavy atom. The number of benzene rings is 1. The average molecular weight is 347 g/mol. The number of ether oxygens (including phenoxy) is 3. The minimum atomic E-state index is -0.873. The number of esters is 1. The molecule has 2 heterocycles. The number of nitrogens with one attached hydrogen (secondary N) is 1. The number of amides is 1. The highest BCUT2D eigenvalue weighted by atomic mass is 32.1. The van der Waals surface area contributed by atoms with Gasteiger partial charge in [0.1, 0.15) is 6.61 Å². The fourth-order valence-corrected chi connectivity index (χ4v) is 2.99. The monoisotopic (exact) mass is 347 g/mol. The molecule has 1 aliphatic rings. The van der Waals surface area contributed by atoms with Gasteiger partial charge in [-0.15, -0.1) is 11.3 Å². The van der Waals surface area contributed by atoms with Crippen LogP contribution in [0.15, 0.2) is 41.8 Å². The van der Waals surface area contributed by atoms with Gasteiger partial charge in [-0.1, -0.05) is 18.2 Å². The van der Waals surface area contributed by atoms with Crippen molar-refractivity contribution in [2.75, 3.05) is 13.2 Å². The topological polar surface area (TPSA) is 73.9 Å². The van der Waals surface area contributed by atoms with Crippen LogP contribution in [-0.2, 0) is 14.3 Å². The van der Waals surface area contributed by atoms with Crippen LogP contribution in [0, 0.1) is 0 Å². The minimum absolute atomic E-state index is 0.0586. The summed E-state index contributed by atoms with van der Waals surface area (Å²) in [7, 11) is 0. The number of hydrogen-bond acceptors (Lipinski definition) is 6. The number of carbonyl (C=O) groups is 2. The molecule has 6 nitrogen and oxygen atoms in total. The number of thiophene rings is 1. The zero-order valence-electron chi connectivity index (χ0n) is 13.1. The molecular formula is C17H17NO5S. The summed E-state index contributed by atoms with van der Waals surface area (Å²) in [6.45, 7) is 1.58. The lowest BCUT2D eigenvalue weighted by Gasteiger charge is -2.24.